The van der Waals surface area contributed by atoms with Gasteiger partial charge in [0, 0.05) is 0 Å². The molecular weight excluding hydrogens is 244 g/mol. The van der Waals surface area contributed by atoms with E-state index < -0.39 is 16.4 Å². The standard InChI is InChI=1S/C13H22O2Si2/c1-16(2,3)12-9-7-8-11(10-12)13(14)15-17(4,5)6/h7-10H,1-6H3. The lowest BCUT2D eigenvalue weighted by Crippen LogP contribution is -2.38. The third kappa shape index (κ3) is 4.48. The maximum Gasteiger partial charge on any atom is 0.324 e. The molecule has 2 nitrogen and oxygen atoms in total. The number of carbonyl (C=O) groups excluding carboxylic acids is 1. The lowest BCUT2D eigenvalue weighted by atomic mass is 10.2. The zero-order valence-corrected chi connectivity index (χ0v) is 13.6. The van der Waals surface area contributed by atoms with E-state index >= 15 is 0 Å². The molecule has 0 spiro atoms. The third-order valence-electron chi connectivity index (χ3n) is 2.36. The van der Waals surface area contributed by atoms with Gasteiger partial charge in [-0.2, -0.15) is 0 Å². The van der Waals surface area contributed by atoms with E-state index in [0.29, 0.717) is 5.56 Å². The molecule has 0 saturated carbocycles. The van der Waals surface area contributed by atoms with Crippen LogP contribution in [0.25, 0.3) is 0 Å². The van der Waals surface area contributed by atoms with E-state index in [1.165, 1.54) is 5.19 Å². The van der Waals surface area contributed by atoms with Crippen LogP contribution >= 0.6 is 0 Å². The summed E-state index contributed by atoms with van der Waals surface area (Å²) in [6, 6.07) is 7.90. The molecule has 17 heavy (non-hydrogen) atoms. The van der Waals surface area contributed by atoms with Gasteiger partial charge < -0.3 is 4.43 Å². The van der Waals surface area contributed by atoms with Gasteiger partial charge in [-0.05, 0) is 31.8 Å². The summed E-state index contributed by atoms with van der Waals surface area (Å²) in [5.41, 5.74) is 0.687. The molecule has 0 radical (unpaired) electrons. The van der Waals surface area contributed by atoms with E-state index in [1.54, 1.807) is 0 Å². The zero-order chi connectivity index (χ0) is 13.3. The zero-order valence-electron chi connectivity index (χ0n) is 11.6. The second-order valence-electron chi connectivity index (χ2n) is 6.33. The fourth-order valence-electron chi connectivity index (χ4n) is 1.45. The summed E-state index contributed by atoms with van der Waals surface area (Å²) < 4.78 is 5.51. The Morgan fingerprint density at radius 2 is 1.65 bits per heavy atom. The van der Waals surface area contributed by atoms with Crippen molar-refractivity contribution < 1.29 is 9.22 Å². The molecule has 0 aliphatic rings. The van der Waals surface area contributed by atoms with Crippen molar-refractivity contribution in [2.24, 2.45) is 0 Å². The molecular formula is C13H22O2Si2. The molecule has 0 fully saturated rings. The van der Waals surface area contributed by atoms with Crippen LogP contribution in [0.15, 0.2) is 24.3 Å². The van der Waals surface area contributed by atoms with Gasteiger partial charge in [-0.1, -0.05) is 37.0 Å². The molecule has 94 valence electrons. The van der Waals surface area contributed by atoms with Gasteiger partial charge in [-0.3, -0.25) is 0 Å². The minimum atomic E-state index is -1.80. The number of hydrogen-bond donors (Lipinski definition) is 0. The van der Waals surface area contributed by atoms with Crippen LogP contribution in [0.5, 0.6) is 0 Å². The minimum absolute atomic E-state index is 0.177. The van der Waals surface area contributed by atoms with Crippen LogP contribution in [0.3, 0.4) is 0 Å². The molecule has 0 heterocycles. The van der Waals surface area contributed by atoms with Crippen molar-refractivity contribution >= 4 is 27.5 Å². The third-order valence-corrected chi connectivity index (χ3v) is 5.20. The van der Waals surface area contributed by atoms with Crippen LogP contribution in [0.4, 0.5) is 0 Å². The molecule has 0 aromatic heterocycles. The first-order valence-corrected chi connectivity index (χ1v) is 12.8. The smallest absolute Gasteiger partial charge is 0.324 e. The summed E-state index contributed by atoms with van der Waals surface area (Å²) in [5, 5.41) is 1.29. The second kappa shape index (κ2) is 4.78. The van der Waals surface area contributed by atoms with E-state index in [0.717, 1.165) is 0 Å². The molecule has 0 unspecified atom stereocenters. The molecule has 0 saturated heterocycles. The Morgan fingerprint density at radius 1 is 1.06 bits per heavy atom. The van der Waals surface area contributed by atoms with Crippen LogP contribution in [-0.4, -0.2) is 22.4 Å². The average molecular weight is 266 g/mol. The molecule has 0 amide bonds. The Kier molecular flexibility index (Phi) is 3.99. The number of rotatable bonds is 3. The highest BCUT2D eigenvalue weighted by atomic mass is 28.4. The maximum absolute atomic E-state index is 12.0. The summed E-state index contributed by atoms with van der Waals surface area (Å²) in [6.45, 7) is 12.9. The van der Waals surface area contributed by atoms with E-state index in [4.69, 9.17) is 4.43 Å². The van der Waals surface area contributed by atoms with Crippen molar-refractivity contribution in [1.82, 2.24) is 0 Å². The highest BCUT2D eigenvalue weighted by molar-refractivity contribution is 6.88. The monoisotopic (exact) mass is 266 g/mol. The van der Waals surface area contributed by atoms with Gasteiger partial charge in [0.1, 0.15) is 0 Å². The number of carbonyl (C=O) groups is 1. The summed E-state index contributed by atoms with van der Waals surface area (Å²) in [5.74, 6) is -0.177. The van der Waals surface area contributed by atoms with Gasteiger partial charge in [0.25, 0.3) is 0 Å². The van der Waals surface area contributed by atoms with Gasteiger partial charge in [-0.15, -0.1) is 0 Å². The van der Waals surface area contributed by atoms with Gasteiger partial charge in [0.15, 0.2) is 0 Å². The molecule has 0 atom stereocenters. The van der Waals surface area contributed by atoms with Crippen LogP contribution in [0.2, 0.25) is 39.3 Å². The summed E-state index contributed by atoms with van der Waals surface area (Å²) >= 11 is 0. The summed E-state index contributed by atoms with van der Waals surface area (Å²) in [4.78, 5) is 12.0. The van der Waals surface area contributed by atoms with Gasteiger partial charge in [0.05, 0.1) is 13.6 Å². The fourth-order valence-corrected chi connectivity index (χ4v) is 3.31. The first-order valence-electron chi connectivity index (χ1n) is 5.93. The fraction of sp³-hybridized carbons (Fsp3) is 0.462. The molecule has 0 aliphatic heterocycles. The number of hydrogen-bond acceptors (Lipinski definition) is 2. The Balaban J connectivity index is 2.97. The lowest BCUT2D eigenvalue weighted by molar-refractivity contribution is 0.0724. The molecule has 1 rings (SSSR count). The highest BCUT2D eigenvalue weighted by Crippen LogP contribution is 2.10. The topological polar surface area (TPSA) is 26.3 Å². The molecule has 0 N–H and O–H groups in total. The number of benzene rings is 1. The SMILES string of the molecule is C[Si](C)(C)OC(=O)c1cccc([Si](C)(C)C)c1. The Morgan fingerprint density at radius 3 is 2.12 bits per heavy atom. The first kappa shape index (κ1) is 14.2. The summed E-state index contributed by atoms with van der Waals surface area (Å²) in [6.07, 6.45) is 0. The van der Waals surface area contributed by atoms with Gasteiger partial charge >= 0.3 is 5.97 Å². The second-order valence-corrected chi connectivity index (χ2v) is 15.8. The van der Waals surface area contributed by atoms with E-state index in [2.05, 4.69) is 25.7 Å². The van der Waals surface area contributed by atoms with E-state index in [1.807, 2.05) is 37.8 Å². The predicted molar refractivity (Wildman–Crippen MR) is 78.2 cm³/mol. The maximum atomic E-state index is 12.0. The predicted octanol–water partition coefficient (Wildman–Crippen LogP) is 3.22. The highest BCUT2D eigenvalue weighted by Gasteiger charge is 2.22. The van der Waals surface area contributed by atoms with Crippen LogP contribution in [0, 0.1) is 0 Å². The molecule has 4 heteroatoms. The average Bonchev–Trinajstić information content (AvgIpc) is 2.14. The largest absolute Gasteiger partial charge is 0.516 e. The molecule has 0 aliphatic carbocycles. The molecule has 0 bridgehead atoms. The van der Waals surface area contributed by atoms with Crippen molar-refractivity contribution in [3.8, 4) is 0 Å². The minimum Gasteiger partial charge on any atom is -0.516 e. The van der Waals surface area contributed by atoms with E-state index in [9.17, 15) is 4.79 Å². The molecule has 1 aromatic carbocycles. The lowest BCUT2D eigenvalue weighted by Gasteiger charge is -2.20. The Hall–Kier alpha value is -0.876. The van der Waals surface area contributed by atoms with Crippen LogP contribution in [0.1, 0.15) is 10.4 Å². The molecule has 1 aromatic rings. The van der Waals surface area contributed by atoms with Gasteiger partial charge in [0.2, 0.25) is 8.32 Å². The first-order chi connectivity index (χ1) is 7.59. The summed E-state index contributed by atoms with van der Waals surface area (Å²) in [7, 11) is -3.17. The van der Waals surface area contributed by atoms with Gasteiger partial charge in [-0.25, -0.2) is 4.79 Å². The van der Waals surface area contributed by atoms with Crippen molar-refractivity contribution in [2.45, 2.75) is 39.3 Å². The Bertz CT molecular complexity index is 414. The normalized spacial score (nSPS) is 12.4. The van der Waals surface area contributed by atoms with Crippen molar-refractivity contribution in [1.29, 1.82) is 0 Å². The van der Waals surface area contributed by atoms with E-state index in [-0.39, 0.29) is 5.97 Å². The quantitative estimate of drug-likeness (QED) is 0.785. The van der Waals surface area contributed by atoms with Crippen molar-refractivity contribution in [2.75, 3.05) is 0 Å². The van der Waals surface area contributed by atoms with Crippen LogP contribution < -0.4 is 5.19 Å². The van der Waals surface area contributed by atoms with Crippen molar-refractivity contribution in [3.63, 3.8) is 0 Å². The van der Waals surface area contributed by atoms with Crippen LogP contribution in [-0.2, 0) is 4.43 Å². The van der Waals surface area contributed by atoms with Crippen molar-refractivity contribution in [3.05, 3.63) is 29.8 Å². The Labute approximate surface area is 106 Å².